The Labute approximate surface area is 112 Å². The molecule has 0 saturated carbocycles. The highest BCUT2D eigenvalue weighted by Crippen LogP contribution is 2.22. The van der Waals surface area contributed by atoms with E-state index in [2.05, 4.69) is 57.7 Å². The summed E-state index contributed by atoms with van der Waals surface area (Å²) in [5.41, 5.74) is 9.93. The van der Waals surface area contributed by atoms with Crippen molar-refractivity contribution >= 4 is 5.69 Å². The van der Waals surface area contributed by atoms with Crippen LogP contribution < -0.4 is 10.6 Å². The average molecular weight is 248 g/mol. The molecule has 2 heteroatoms. The third-order valence-electron chi connectivity index (χ3n) is 3.66. The average Bonchev–Trinajstić information content (AvgIpc) is 2.32. The summed E-state index contributed by atoms with van der Waals surface area (Å²) in [6.45, 7) is 12.0. The topological polar surface area (TPSA) is 29.3 Å². The first-order valence-electron chi connectivity index (χ1n) is 7.11. The van der Waals surface area contributed by atoms with Gasteiger partial charge in [-0.2, -0.15) is 0 Å². The van der Waals surface area contributed by atoms with E-state index in [-0.39, 0.29) is 6.04 Å². The van der Waals surface area contributed by atoms with Gasteiger partial charge in [0.15, 0.2) is 0 Å². The molecule has 0 aromatic heterocycles. The minimum absolute atomic E-state index is 0.228. The molecule has 1 aromatic carbocycles. The lowest BCUT2D eigenvalue weighted by atomic mass is 10.0. The van der Waals surface area contributed by atoms with E-state index in [4.69, 9.17) is 5.73 Å². The van der Waals surface area contributed by atoms with Crippen LogP contribution >= 0.6 is 0 Å². The van der Waals surface area contributed by atoms with Gasteiger partial charge in [-0.3, -0.25) is 0 Å². The molecule has 0 aliphatic rings. The van der Waals surface area contributed by atoms with Gasteiger partial charge in [0.1, 0.15) is 0 Å². The smallest absolute Gasteiger partial charge is 0.0371 e. The van der Waals surface area contributed by atoms with Crippen LogP contribution in [0.1, 0.15) is 45.2 Å². The molecule has 0 fully saturated rings. The predicted molar refractivity (Wildman–Crippen MR) is 81.3 cm³/mol. The summed E-state index contributed by atoms with van der Waals surface area (Å²) in [6, 6.07) is 7.59. The van der Waals surface area contributed by atoms with Gasteiger partial charge < -0.3 is 10.6 Å². The maximum absolute atomic E-state index is 5.88. The fourth-order valence-corrected chi connectivity index (χ4v) is 2.40. The van der Waals surface area contributed by atoms with Crippen molar-refractivity contribution in [2.45, 2.75) is 59.5 Å². The Bertz CT molecular complexity index is 371. The molecule has 2 atom stereocenters. The van der Waals surface area contributed by atoms with Gasteiger partial charge in [0.05, 0.1) is 0 Å². The first-order valence-corrected chi connectivity index (χ1v) is 7.11. The first kappa shape index (κ1) is 15.0. The fourth-order valence-electron chi connectivity index (χ4n) is 2.40. The van der Waals surface area contributed by atoms with Gasteiger partial charge >= 0.3 is 0 Å². The molecule has 0 aliphatic carbocycles. The van der Waals surface area contributed by atoms with Gasteiger partial charge in [0, 0.05) is 24.3 Å². The molecule has 0 radical (unpaired) electrons. The van der Waals surface area contributed by atoms with E-state index < -0.39 is 0 Å². The number of aryl methyl sites for hydroxylation is 1. The summed E-state index contributed by atoms with van der Waals surface area (Å²) in [6.07, 6.45) is 2.13. The molecule has 0 spiro atoms. The number of rotatable bonds is 6. The number of nitrogens with two attached hydrogens (primary N) is 1. The number of anilines is 1. The van der Waals surface area contributed by atoms with Gasteiger partial charge in [-0.1, -0.05) is 13.0 Å². The molecular formula is C16H28N2. The third kappa shape index (κ3) is 3.74. The molecule has 0 amide bonds. The SMILES string of the molecule is CCC(C)N(CC)c1ccc(CC(C)N)c(C)c1. The zero-order chi connectivity index (χ0) is 13.7. The van der Waals surface area contributed by atoms with Crippen molar-refractivity contribution in [1.82, 2.24) is 0 Å². The fraction of sp³-hybridized carbons (Fsp3) is 0.625. The highest BCUT2D eigenvalue weighted by Gasteiger charge is 2.12. The normalized spacial score (nSPS) is 14.3. The highest BCUT2D eigenvalue weighted by atomic mass is 15.1. The van der Waals surface area contributed by atoms with E-state index in [1.807, 2.05) is 0 Å². The van der Waals surface area contributed by atoms with Crippen molar-refractivity contribution in [3.05, 3.63) is 29.3 Å². The van der Waals surface area contributed by atoms with Crippen molar-refractivity contribution in [3.63, 3.8) is 0 Å². The maximum Gasteiger partial charge on any atom is 0.0371 e. The molecule has 0 saturated heterocycles. The molecule has 1 aromatic rings. The van der Waals surface area contributed by atoms with Crippen molar-refractivity contribution in [3.8, 4) is 0 Å². The maximum atomic E-state index is 5.88. The van der Waals surface area contributed by atoms with Crippen LogP contribution in [0.3, 0.4) is 0 Å². The van der Waals surface area contributed by atoms with E-state index in [0.717, 1.165) is 13.0 Å². The molecule has 18 heavy (non-hydrogen) atoms. The number of nitrogens with zero attached hydrogens (tertiary/aromatic N) is 1. The van der Waals surface area contributed by atoms with Gasteiger partial charge in [-0.25, -0.2) is 0 Å². The van der Waals surface area contributed by atoms with Gasteiger partial charge in [0.25, 0.3) is 0 Å². The minimum Gasteiger partial charge on any atom is -0.369 e. The van der Waals surface area contributed by atoms with Crippen LogP contribution in [0.4, 0.5) is 5.69 Å². The Balaban J connectivity index is 2.94. The molecule has 1 rings (SSSR count). The van der Waals surface area contributed by atoms with Gasteiger partial charge in [-0.15, -0.1) is 0 Å². The van der Waals surface area contributed by atoms with Crippen molar-refractivity contribution in [1.29, 1.82) is 0 Å². The Kier molecular flexibility index (Phi) is 5.67. The van der Waals surface area contributed by atoms with Crippen molar-refractivity contribution < 1.29 is 0 Å². The van der Waals surface area contributed by atoms with Crippen molar-refractivity contribution in [2.24, 2.45) is 5.73 Å². The summed E-state index contributed by atoms with van der Waals surface area (Å²) >= 11 is 0. The quantitative estimate of drug-likeness (QED) is 0.834. The largest absolute Gasteiger partial charge is 0.369 e. The first-order chi connectivity index (χ1) is 8.49. The zero-order valence-electron chi connectivity index (χ0n) is 12.5. The Morgan fingerprint density at radius 1 is 1.22 bits per heavy atom. The van der Waals surface area contributed by atoms with Gasteiger partial charge in [-0.05, 0) is 63.8 Å². The minimum atomic E-state index is 0.228. The number of hydrogen-bond donors (Lipinski definition) is 1. The monoisotopic (exact) mass is 248 g/mol. The van der Waals surface area contributed by atoms with E-state index >= 15 is 0 Å². The van der Waals surface area contributed by atoms with E-state index in [9.17, 15) is 0 Å². The van der Waals surface area contributed by atoms with E-state index in [0.29, 0.717) is 6.04 Å². The predicted octanol–water partition coefficient (Wildman–Crippen LogP) is 3.51. The second-order valence-electron chi connectivity index (χ2n) is 5.34. The Morgan fingerprint density at radius 2 is 1.89 bits per heavy atom. The van der Waals surface area contributed by atoms with Crippen LogP contribution in [0.2, 0.25) is 0 Å². The standard InChI is InChI=1S/C16H28N2/c1-6-14(5)18(7-2)16-9-8-15(11-13(4)17)12(3)10-16/h8-10,13-14H,6-7,11,17H2,1-5H3. The lowest BCUT2D eigenvalue weighted by Crippen LogP contribution is -2.32. The second-order valence-corrected chi connectivity index (χ2v) is 5.34. The molecule has 0 heterocycles. The van der Waals surface area contributed by atoms with E-state index in [1.54, 1.807) is 0 Å². The van der Waals surface area contributed by atoms with Crippen LogP contribution in [0.15, 0.2) is 18.2 Å². The zero-order valence-corrected chi connectivity index (χ0v) is 12.5. The Morgan fingerprint density at radius 3 is 2.33 bits per heavy atom. The van der Waals surface area contributed by atoms with Crippen LogP contribution in [0.5, 0.6) is 0 Å². The summed E-state index contributed by atoms with van der Waals surface area (Å²) < 4.78 is 0. The highest BCUT2D eigenvalue weighted by molar-refractivity contribution is 5.51. The molecule has 0 bridgehead atoms. The van der Waals surface area contributed by atoms with Crippen LogP contribution in [0.25, 0.3) is 0 Å². The Hall–Kier alpha value is -1.02. The van der Waals surface area contributed by atoms with E-state index in [1.165, 1.54) is 23.2 Å². The molecule has 0 aliphatic heterocycles. The summed E-state index contributed by atoms with van der Waals surface area (Å²) in [7, 11) is 0. The lowest BCUT2D eigenvalue weighted by molar-refractivity contribution is 0.629. The summed E-state index contributed by atoms with van der Waals surface area (Å²) in [4.78, 5) is 2.46. The molecule has 2 unspecified atom stereocenters. The lowest BCUT2D eigenvalue weighted by Gasteiger charge is -2.30. The summed E-state index contributed by atoms with van der Waals surface area (Å²) in [5, 5.41) is 0. The molecular weight excluding hydrogens is 220 g/mol. The molecule has 2 nitrogen and oxygen atoms in total. The third-order valence-corrected chi connectivity index (χ3v) is 3.66. The van der Waals surface area contributed by atoms with Crippen molar-refractivity contribution in [2.75, 3.05) is 11.4 Å². The number of hydrogen-bond acceptors (Lipinski definition) is 2. The van der Waals surface area contributed by atoms with Crippen LogP contribution in [0, 0.1) is 6.92 Å². The van der Waals surface area contributed by atoms with Crippen LogP contribution in [-0.4, -0.2) is 18.6 Å². The molecule has 2 N–H and O–H groups in total. The van der Waals surface area contributed by atoms with Gasteiger partial charge in [0.2, 0.25) is 0 Å². The second kappa shape index (κ2) is 6.79. The molecule has 102 valence electrons. The summed E-state index contributed by atoms with van der Waals surface area (Å²) in [5.74, 6) is 0. The van der Waals surface area contributed by atoms with Crippen LogP contribution in [-0.2, 0) is 6.42 Å². The number of benzene rings is 1.